The molecule has 0 saturated carbocycles. The Morgan fingerprint density at radius 3 is 2.90 bits per heavy atom. The number of carbonyl (C=O) groups is 3. The van der Waals surface area contributed by atoms with Crippen molar-refractivity contribution in [2.24, 2.45) is 0 Å². The number of esters is 1. The second-order valence-electron chi connectivity index (χ2n) is 4.41. The molecule has 1 heterocycles. The van der Waals surface area contributed by atoms with Crippen LogP contribution < -0.4 is 10.6 Å². The summed E-state index contributed by atoms with van der Waals surface area (Å²) in [4.78, 5) is 35.7. The van der Waals surface area contributed by atoms with Crippen LogP contribution in [0.3, 0.4) is 0 Å². The summed E-state index contributed by atoms with van der Waals surface area (Å²) in [6.07, 6.45) is -0.0652. The summed E-state index contributed by atoms with van der Waals surface area (Å²) in [6.45, 7) is 1.94. The van der Waals surface area contributed by atoms with Gasteiger partial charge in [0.1, 0.15) is 0 Å². The summed E-state index contributed by atoms with van der Waals surface area (Å²) in [5.41, 5.74) is 0.749. The highest BCUT2D eigenvalue weighted by Gasteiger charge is 2.29. The van der Waals surface area contributed by atoms with E-state index in [9.17, 15) is 14.4 Å². The van der Waals surface area contributed by atoms with Crippen molar-refractivity contribution in [2.45, 2.75) is 23.5 Å². The van der Waals surface area contributed by atoms with Gasteiger partial charge < -0.3 is 15.4 Å². The number of anilines is 1. The second-order valence-corrected chi connectivity index (χ2v) is 5.65. The molecule has 1 aromatic carbocycles. The smallest absolute Gasteiger partial charge is 0.307 e. The minimum Gasteiger partial charge on any atom is -0.456 e. The van der Waals surface area contributed by atoms with Gasteiger partial charge >= 0.3 is 5.97 Å². The molecule has 21 heavy (non-hydrogen) atoms. The summed E-state index contributed by atoms with van der Waals surface area (Å²) in [5, 5.41) is 4.74. The minimum absolute atomic E-state index is 0.0652. The largest absolute Gasteiger partial charge is 0.456 e. The molecule has 1 aromatic rings. The Bertz CT molecular complexity index is 562. The molecule has 7 heteroatoms. The fourth-order valence-corrected chi connectivity index (χ4v) is 2.93. The van der Waals surface area contributed by atoms with Crippen LogP contribution in [-0.2, 0) is 19.1 Å². The van der Waals surface area contributed by atoms with E-state index >= 15 is 0 Å². The molecule has 1 aliphatic rings. The van der Waals surface area contributed by atoms with E-state index in [0.717, 1.165) is 10.6 Å². The number of rotatable bonds is 5. The molecule has 0 bridgehead atoms. The SMILES string of the molecule is CCNC(=O)COC(=O)C[C@H]1Sc2ccccc2NC1=O. The van der Waals surface area contributed by atoms with Gasteiger partial charge in [0.25, 0.3) is 5.91 Å². The summed E-state index contributed by atoms with van der Waals surface area (Å²) in [5.74, 6) is -1.14. The van der Waals surface area contributed by atoms with Crippen molar-refractivity contribution in [3.8, 4) is 0 Å². The number of ether oxygens (including phenoxy) is 1. The average molecular weight is 308 g/mol. The Balaban J connectivity index is 1.87. The third-order valence-corrected chi connectivity index (χ3v) is 4.07. The van der Waals surface area contributed by atoms with Gasteiger partial charge in [0, 0.05) is 11.4 Å². The second kappa shape index (κ2) is 7.12. The van der Waals surface area contributed by atoms with Crippen LogP contribution in [0.25, 0.3) is 0 Å². The highest BCUT2D eigenvalue weighted by atomic mass is 32.2. The molecule has 0 saturated heterocycles. The molecule has 0 spiro atoms. The van der Waals surface area contributed by atoms with E-state index in [1.54, 1.807) is 6.92 Å². The van der Waals surface area contributed by atoms with E-state index in [2.05, 4.69) is 10.6 Å². The van der Waals surface area contributed by atoms with Crippen LogP contribution in [0.5, 0.6) is 0 Å². The number of benzene rings is 1. The number of fused-ring (bicyclic) bond motifs is 1. The number of likely N-dealkylation sites (N-methyl/N-ethyl adjacent to an activating group) is 1. The quantitative estimate of drug-likeness (QED) is 0.798. The first-order valence-corrected chi connectivity index (χ1v) is 7.47. The van der Waals surface area contributed by atoms with E-state index in [1.807, 2.05) is 24.3 Å². The van der Waals surface area contributed by atoms with E-state index in [0.29, 0.717) is 6.54 Å². The van der Waals surface area contributed by atoms with Crippen LogP contribution in [-0.4, -0.2) is 36.2 Å². The van der Waals surface area contributed by atoms with E-state index < -0.39 is 11.2 Å². The Morgan fingerprint density at radius 1 is 1.38 bits per heavy atom. The number of hydrogen-bond donors (Lipinski definition) is 2. The molecule has 1 aliphatic heterocycles. The van der Waals surface area contributed by atoms with Gasteiger partial charge in [0.15, 0.2) is 6.61 Å². The lowest BCUT2D eigenvalue weighted by Gasteiger charge is -2.23. The highest BCUT2D eigenvalue weighted by molar-refractivity contribution is 8.01. The van der Waals surface area contributed by atoms with Gasteiger partial charge in [0.2, 0.25) is 5.91 Å². The molecule has 6 nitrogen and oxygen atoms in total. The van der Waals surface area contributed by atoms with Crippen molar-refractivity contribution in [2.75, 3.05) is 18.5 Å². The molecule has 2 N–H and O–H groups in total. The minimum atomic E-state index is -0.562. The van der Waals surface area contributed by atoms with E-state index in [1.165, 1.54) is 11.8 Å². The summed E-state index contributed by atoms with van der Waals surface area (Å²) < 4.78 is 4.85. The molecule has 0 aromatic heterocycles. The molecule has 0 radical (unpaired) electrons. The van der Waals surface area contributed by atoms with E-state index in [4.69, 9.17) is 4.74 Å². The third-order valence-electron chi connectivity index (χ3n) is 2.80. The Morgan fingerprint density at radius 2 is 2.14 bits per heavy atom. The van der Waals surface area contributed by atoms with Crippen LogP contribution in [0.15, 0.2) is 29.2 Å². The van der Waals surface area contributed by atoms with Gasteiger partial charge in [0.05, 0.1) is 17.4 Å². The molecule has 0 fully saturated rings. The van der Waals surface area contributed by atoms with Gasteiger partial charge in [-0.3, -0.25) is 14.4 Å². The first-order valence-electron chi connectivity index (χ1n) is 6.59. The van der Waals surface area contributed by atoms with Gasteiger partial charge in [-0.05, 0) is 19.1 Å². The Kier molecular flexibility index (Phi) is 5.21. The zero-order chi connectivity index (χ0) is 15.2. The third kappa shape index (κ3) is 4.22. The number of hydrogen-bond acceptors (Lipinski definition) is 5. The molecule has 2 amide bonds. The van der Waals surface area contributed by atoms with Crippen molar-refractivity contribution in [1.29, 1.82) is 0 Å². The average Bonchev–Trinajstić information content (AvgIpc) is 2.46. The fraction of sp³-hybridized carbons (Fsp3) is 0.357. The maximum absolute atomic E-state index is 11.9. The summed E-state index contributed by atoms with van der Waals surface area (Å²) in [7, 11) is 0. The number of thioether (sulfide) groups is 1. The first kappa shape index (κ1) is 15.4. The van der Waals surface area contributed by atoms with Gasteiger partial charge in [-0.2, -0.15) is 0 Å². The highest BCUT2D eigenvalue weighted by Crippen LogP contribution is 2.36. The van der Waals surface area contributed by atoms with Crippen LogP contribution >= 0.6 is 11.8 Å². The van der Waals surface area contributed by atoms with Gasteiger partial charge in [-0.15, -0.1) is 11.8 Å². The van der Waals surface area contributed by atoms with Crippen molar-refractivity contribution in [3.63, 3.8) is 0 Å². The Labute approximate surface area is 126 Å². The lowest BCUT2D eigenvalue weighted by molar-refractivity contribution is -0.148. The van der Waals surface area contributed by atoms with Crippen molar-refractivity contribution >= 4 is 35.2 Å². The number of carbonyl (C=O) groups excluding carboxylic acids is 3. The van der Waals surface area contributed by atoms with Gasteiger partial charge in [-0.1, -0.05) is 12.1 Å². The molecule has 0 aliphatic carbocycles. The summed E-state index contributed by atoms with van der Waals surface area (Å²) in [6, 6.07) is 7.39. The van der Waals surface area contributed by atoms with Crippen LogP contribution in [0.2, 0.25) is 0 Å². The molecule has 2 rings (SSSR count). The molecule has 1 atom stereocenters. The van der Waals surface area contributed by atoms with Crippen LogP contribution in [0.4, 0.5) is 5.69 Å². The molecular weight excluding hydrogens is 292 g/mol. The number of para-hydroxylation sites is 1. The maximum atomic E-state index is 11.9. The summed E-state index contributed by atoms with van der Waals surface area (Å²) >= 11 is 1.32. The Hall–Kier alpha value is -2.02. The molecular formula is C14H16N2O4S. The predicted molar refractivity (Wildman–Crippen MR) is 79.0 cm³/mol. The zero-order valence-corrected chi connectivity index (χ0v) is 12.4. The normalized spacial score (nSPS) is 16.6. The maximum Gasteiger partial charge on any atom is 0.307 e. The lowest BCUT2D eigenvalue weighted by atomic mass is 10.2. The van der Waals surface area contributed by atoms with Crippen LogP contribution in [0.1, 0.15) is 13.3 Å². The first-order chi connectivity index (χ1) is 10.1. The monoisotopic (exact) mass is 308 g/mol. The van der Waals surface area contributed by atoms with Crippen molar-refractivity contribution in [1.82, 2.24) is 5.32 Å². The standard InChI is InChI=1S/C14H16N2O4S/c1-2-15-12(17)8-20-13(18)7-11-14(19)16-9-5-3-4-6-10(9)21-11/h3-6,11H,2,7-8H2,1H3,(H,15,17)(H,16,19)/t11-/m1/s1. The van der Waals surface area contributed by atoms with Crippen molar-refractivity contribution in [3.05, 3.63) is 24.3 Å². The van der Waals surface area contributed by atoms with Gasteiger partial charge in [-0.25, -0.2) is 0 Å². The number of amides is 2. The van der Waals surface area contributed by atoms with Crippen LogP contribution in [0, 0.1) is 0 Å². The topological polar surface area (TPSA) is 84.5 Å². The fourth-order valence-electron chi connectivity index (χ4n) is 1.83. The zero-order valence-electron chi connectivity index (χ0n) is 11.5. The van der Waals surface area contributed by atoms with E-state index in [-0.39, 0.29) is 24.8 Å². The van der Waals surface area contributed by atoms with Crippen molar-refractivity contribution < 1.29 is 19.1 Å². The lowest BCUT2D eigenvalue weighted by Crippen LogP contribution is -2.33. The molecule has 0 unspecified atom stereocenters. The number of nitrogens with one attached hydrogen (secondary N) is 2. The predicted octanol–water partition coefficient (Wildman–Crippen LogP) is 1.17. The molecule has 112 valence electrons.